The van der Waals surface area contributed by atoms with Gasteiger partial charge in [0.2, 0.25) is 0 Å². The summed E-state index contributed by atoms with van der Waals surface area (Å²) in [5.74, 6) is 0.524. The van der Waals surface area contributed by atoms with Crippen LogP contribution in [0.5, 0.6) is 0 Å². The standard InChI is InChI=1S/C19H21NO/c1-13-8-10-14(11-9-13)18-16-6-4-12-21-19(16)15-5-2-3-7-17(15)20-18/h2-3,5,7-11,16,18-20H,4,6,12H2,1H3/t16-,18+,19+/m0/s1. The van der Waals surface area contributed by atoms with E-state index in [-0.39, 0.29) is 6.10 Å². The van der Waals surface area contributed by atoms with Gasteiger partial charge >= 0.3 is 0 Å². The molecule has 0 unspecified atom stereocenters. The molecule has 0 radical (unpaired) electrons. The summed E-state index contributed by atoms with van der Waals surface area (Å²) in [6.45, 7) is 3.02. The molecule has 1 N–H and O–H groups in total. The molecule has 2 aromatic rings. The van der Waals surface area contributed by atoms with Gasteiger partial charge < -0.3 is 10.1 Å². The maximum Gasteiger partial charge on any atom is 0.0895 e. The van der Waals surface area contributed by atoms with Gasteiger partial charge in [0.1, 0.15) is 0 Å². The number of aryl methyl sites for hydroxylation is 1. The number of hydrogen-bond donors (Lipinski definition) is 1. The minimum atomic E-state index is 0.238. The highest BCUT2D eigenvalue weighted by atomic mass is 16.5. The molecule has 0 aliphatic carbocycles. The predicted octanol–water partition coefficient (Wildman–Crippen LogP) is 4.63. The highest BCUT2D eigenvalue weighted by molar-refractivity contribution is 5.57. The summed E-state index contributed by atoms with van der Waals surface area (Å²) in [5, 5.41) is 3.75. The van der Waals surface area contributed by atoms with Crippen LogP contribution in [-0.2, 0) is 4.74 Å². The monoisotopic (exact) mass is 279 g/mol. The van der Waals surface area contributed by atoms with Gasteiger partial charge in [0.25, 0.3) is 0 Å². The number of fused-ring (bicyclic) bond motifs is 3. The van der Waals surface area contributed by atoms with E-state index in [4.69, 9.17) is 4.74 Å². The Bertz CT molecular complexity index is 634. The first-order valence-electron chi connectivity index (χ1n) is 7.86. The fraction of sp³-hybridized carbons (Fsp3) is 0.368. The smallest absolute Gasteiger partial charge is 0.0895 e. The molecule has 0 saturated carbocycles. The summed E-state index contributed by atoms with van der Waals surface area (Å²) in [6.07, 6.45) is 2.63. The van der Waals surface area contributed by atoms with E-state index in [1.54, 1.807) is 0 Å². The van der Waals surface area contributed by atoms with Crippen molar-refractivity contribution in [3.05, 3.63) is 65.2 Å². The SMILES string of the molecule is Cc1ccc([C@H]2Nc3ccccc3[C@H]3OCCC[C@@H]23)cc1. The molecule has 2 nitrogen and oxygen atoms in total. The Balaban J connectivity index is 1.76. The molecule has 2 heterocycles. The highest BCUT2D eigenvalue weighted by Gasteiger charge is 2.39. The first-order chi connectivity index (χ1) is 10.3. The topological polar surface area (TPSA) is 21.3 Å². The number of hydrogen-bond acceptors (Lipinski definition) is 2. The average molecular weight is 279 g/mol. The van der Waals surface area contributed by atoms with Gasteiger partial charge in [0.05, 0.1) is 12.1 Å². The van der Waals surface area contributed by atoms with E-state index < -0.39 is 0 Å². The lowest BCUT2D eigenvalue weighted by Crippen LogP contribution is -2.35. The normalized spacial score (nSPS) is 27.4. The van der Waals surface area contributed by atoms with E-state index in [9.17, 15) is 0 Å². The summed E-state index contributed by atoms with van der Waals surface area (Å²) in [4.78, 5) is 0. The molecule has 0 amide bonds. The molecule has 4 rings (SSSR count). The van der Waals surface area contributed by atoms with Crippen LogP contribution in [0.4, 0.5) is 5.69 Å². The number of ether oxygens (including phenoxy) is 1. The molecule has 1 fully saturated rings. The van der Waals surface area contributed by atoms with Crippen LogP contribution in [0.15, 0.2) is 48.5 Å². The number of para-hydroxylation sites is 1. The van der Waals surface area contributed by atoms with Crippen LogP contribution >= 0.6 is 0 Å². The third kappa shape index (κ3) is 2.24. The fourth-order valence-corrected chi connectivity index (χ4v) is 3.72. The average Bonchev–Trinajstić information content (AvgIpc) is 2.55. The molecular formula is C19H21NO. The summed E-state index contributed by atoms with van der Waals surface area (Å²) in [5.41, 5.74) is 5.23. The van der Waals surface area contributed by atoms with Crippen LogP contribution in [0.3, 0.4) is 0 Å². The molecule has 0 aromatic heterocycles. The maximum atomic E-state index is 6.14. The molecule has 0 spiro atoms. The van der Waals surface area contributed by atoms with E-state index in [0.29, 0.717) is 12.0 Å². The van der Waals surface area contributed by atoms with Crippen LogP contribution in [-0.4, -0.2) is 6.61 Å². The van der Waals surface area contributed by atoms with Crippen molar-refractivity contribution in [3.8, 4) is 0 Å². The molecule has 21 heavy (non-hydrogen) atoms. The summed E-state index contributed by atoms with van der Waals surface area (Å²) in [7, 11) is 0. The third-order valence-electron chi connectivity index (χ3n) is 4.81. The van der Waals surface area contributed by atoms with Crippen LogP contribution in [0, 0.1) is 12.8 Å². The van der Waals surface area contributed by atoms with E-state index >= 15 is 0 Å². The van der Waals surface area contributed by atoms with Crippen molar-refractivity contribution in [2.75, 3.05) is 11.9 Å². The lowest BCUT2D eigenvalue weighted by molar-refractivity contribution is -0.0381. The minimum Gasteiger partial charge on any atom is -0.378 e. The largest absolute Gasteiger partial charge is 0.378 e. The Morgan fingerprint density at radius 1 is 1.05 bits per heavy atom. The zero-order valence-corrected chi connectivity index (χ0v) is 12.4. The molecule has 3 atom stereocenters. The molecule has 2 aliphatic rings. The molecule has 1 saturated heterocycles. The van der Waals surface area contributed by atoms with Crippen LogP contribution < -0.4 is 5.32 Å². The van der Waals surface area contributed by atoms with Gasteiger partial charge in [-0.1, -0.05) is 48.0 Å². The Morgan fingerprint density at radius 3 is 2.71 bits per heavy atom. The first-order valence-corrected chi connectivity index (χ1v) is 7.86. The molecule has 2 aliphatic heterocycles. The van der Waals surface area contributed by atoms with E-state index in [2.05, 4.69) is 60.8 Å². The van der Waals surface area contributed by atoms with Crippen LogP contribution in [0.2, 0.25) is 0 Å². The Hall–Kier alpha value is -1.80. The van der Waals surface area contributed by atoms with Gasteiger partial charge in [-0.15, -0.1) is 0 Å². The molecule has 2 heteroatoms. The number of anilines is 1. The van der Waals surface area contributed by atoms with Gasteiger partial charge in [-0.2, -0.15) is 0 Å². The summed E-state index contributed by atoms with van der Waals surface area (Å²) in [6, 6.07) is 17.9. The first kappa shape index (κ1) is 12.9. The Morgan fingerprint density at radius 2 is 1.86 bits per heavy atom. The van der Waals surface area contributed by atoms with Crippen LogP contribution in [0.25, 0.3) is 0 Å². The van der Waals surface area contributed by atoms with E-state index in [1.165, 1.54) is 28.8 Å². The lowest BCUT2D eigenvalue weighted by Gasteiger charge is -2.43. The number of benzene rings is 2. The predicted molar refractivity (Wildman–Crippen MR) is 85.4 cm³/mol. The maximum absolute atomic E-state index is 6.14. The van der Waals surface area contributed by atoms with Crippen molar-refractivity contribution in [3.63, 3.8) is 0 Å². The molecular weight excluding hydrogens is 258 g/mol. The second-order valence-corrected chi connectivity index (χ2v) is 6.22. The van der Waals surface area contributed by atoms with Gasteiger partial charge in [-0.25, -0.2) is 0 Å². The second-order valence-electron chi connectivity index (χ2n) is 6.22. The van der Waals surface area contributed by atoms with Gasteiger partial charge in [0.15, 0.2) is 0 Å². The van der Waals surface area contributed by atoms with Gasteiger partial charge in [-0.3, -0.25) is 0 Å². The highest BCUT2D eigenvalue weighted by Crippen LogP contribution is 2.48. The Kier molecular flexibility index (Phi) is 3.19. The molecule has 2 aromatic carbocycles. The van der Waals surface area contributed by atoms with Crippen molar-refractivity contribution >= 4 is 5.69 Å². The van der Waals surface area contributed by atoms with Crippen molar-refractivity contribution in [2.45, 2.75) is 31.9 Å². The van der Waals surface area contributed by atoms with Crippen LogP contribution in [0.1, 0.15) is 41.7 Å². The lowest BCUT2D eigenvalue weighted by atomic mass is 9.77. The summed E-state index contributed by atoms with van der Waals surface area (Å²) >= 11 is 0. The zero-order chi connectivity index (χ0) is 14.2. The van der Waals surface area contributed by atoms with Crippen molar-refractivity contribution < 1.29 is 4.74 Å². The van der Waals surface area contributed by atoms with E-state index in [1.807, 2.05) is 0 Å². The fourth-order valence-electron chi connectivity index (χ4n) is 3.72. The van der Waals surface area contributed by atoms with Crippen molar-refractivity contribution in [1.82, 2.24) is 0 Å². The summed E-state index contributed by atoms with van der Waals surface area (Å²) < 4.78 is 6.14. The second kappa shape index (κ2) is 5.19. The molecule has 0 bridgehead atoms. The zero-order valence-electron chi connectivity index (χ0n) is 12.4. The van der Waals surface area contributed by atoms with Gasteiger partial charge in [0, 0.05) is 23.8 Å². The third-order valence-corrected chi connectivity index (χ3v) is 4.81. The van der Waals surface area contributed by atoms with Crippen molar-refractivity contribution in [1.29, 1.82) is 0 Å². The minimum absolute atomic E-state index is 0.238. The quantitative estimate of drug-likeness (QED) is 0.821. The van der Waals surface area contributed by atoms with Crippen molar-refractivity contribution in [2.24, 2.45) is 5.92 Å². The number of rotatable bonds is 1. The number of nitrogens with one attached hydrogen (secondary N) is 1. The van der Waals surface area contributed by atoms with E-state index in [0.717, 1.165) is 13.0 Å². The molecule has 108 valence electrons. The van der Waals surface area contributed by atoms with Gasteiger partial charge in [-0.05, 0) is 31.4 Å². The Labute approximate surface area is 126 Å².